The van der Waals surface area contributed by atoms with Gasteiger partial charge in [0.25, 0.3) is 5.91 Å². The third-order valence-electron chi connectivity index (χ3n) is 8.40. The average Bonchev–Trinajstić information content (AvgIpc) is 3.70. The van der Waals surface area contributed by atoms with Gasteiger partial charge in [-0.15, -0.1) is 0 Å². The molecule has 214 valence electrons. The zero-order chi connectivity index (χ0) is 28.8. The molecule has 9 nitrogen and oxygen atoms in total. The number of amides is 1. The van der Waals surface area contributed by atoms with Crippen LogP contribution in [0, 0.1) is 5.82 Å². The molecule has 1 saturated carbocycles. The van der Waals surface area contributed by atoms with Crippen LogP contribution < -0.4 is 20.9 Å². The molecule has 0 atom stereocenters. The van der Waals surface area contributed by atoms with Crippen molar-refractivity contribution in [3.8, 4) is 11.4 Å². The molecule has 0 bridgehead atoms. The number of nitrogen functional groups attached to an aromatic ring is 1. The number of hydrogen-bond acceptors (Lipinski definition) is 8. The molecule has 3 aromatic carbocycles. The molecule has 7 rings (SSSR count). The summed E-state index contributed by atoms with van der Waals surface area (Å²) < 4.78 is 15.2. The summed E-state index contributed by atoms with van der Waals surface area (Å²) in [5.74, 6) is 0.0315. The molecule has 42 heavy (non-hydrogen) atoms. The number of nitrogens with one attached hydrogen (secondary N) is 1. The summed E-state index contributed by atoms with van der Waals surface area (Å²) in [6, 6.07) is 16.8. The van der Waals surface area contributed by atoms with Gasteiger partial charge >= 0.3 is 0 Å². The number of hydrogen-bond donors (Lipinski definition) is 3. The number of aliphatic hydroxyl groups is 1. The Morgan fingerprint density at radius 2 is 1.79 bits per heavy atom. The van der Waals surface area contributed by atoms with Crippen LogP contribution in [0.3, 0.4) is 0 Å². The molecule has 3 aliphatic rings. The van der Waals surface area contributed by atoms with E-state index in [0.717, 1.165) is 42.7 Å². The maximum atomic E-state index is 15.2. The van der Waals surface area contributed by atoms with E-state index in [1.54, 1.807) is 18.2 Å². The monoisotopic (exact) mass is 565 g/mol. The Bertz CT molecular complexity index is 1670. The first-order valence-corrected chi connectivity index (χ1v) is 14.5. The van der Waals surface area contributed by atoms with Crippen LogP contribution in [0.4, 0.5) is 33.3 Å². The van der Waals surface area contributed by atoms with Crippen molar-refractivity contribution < 1.29 is 14.3 Å². The molecule has 2 aliphatic heterocycles. The zero-order valence-electron chi connectivity index (χ0n) is 23.2. The molecule has 0 radical (unpaired) electrons. The second kappa shape index (κ2) is 10.7. The van der Waals surface area contributed by atoms with Crippen molar-refractivity contribution in [2.45, 2.75) is 44.6 Å². The molecule has 0 unspecified atom stereocenters. The van der Waals surface area contributed by atoms with E-state index in [1.165, 1.54) is 29.5 Å². The van der Waals surface area contributed by atoms with Gasteiger partial charge in [0, 0.05) is 42.1 Å². The Labute approximate surface area is 243 Å². The lowest BCUT2D eigenvalue weighted by molar-refractivity contribution is 0.0976. The second-order valence-corrected chi connectivity index (χ2v) is 11.2. The third-order valence-corrected chi connectivity index (χ3v) is 8.40. The SMILES string of the molecule is Nc1nc(Nc2ccc(N3CCCC3)cc2)nc(-c2cccc(N3CCc4cc(C5CC5)cc(F)c4C3=O)c2CO)n1. The van der Waals surface area contributed by atoms with Crippen LogP contribution >= 0.6 is 0 Å². The number of nitrogens with zero attached hydrogens (tertiary/aromatic N) is 5. The summed E-state index contributed by atoms with van der Waals surface area (Å²) in [4.78, 5) is 30.7. The van der Waals surface area contributed by atoms with Gasteiger partial charge in [-0.2, -0.15) is 15.0 Å². The molecule has 3 heterocycles. The highest BCUT2D eigenvalue weighted by Crippen LogP contribution is 2.42. The number of benzene rings is 3. The number of aromatic nitrogens is 3. The quantitative estimate of drug-likeness (QED) is 0.281. The summed E-state index contributed by atoms with van der Waals surface area (Å²) in [5.41, 5.74) is 11.3. The van der Waals surface area contributed by atoms with Gasteiger partial charge in [-0.3, -0.25) is 4.79 Å². The van der Waals surface area contributed by atoms with Crippen molar-refractivity contribution in [3.63, 3.8) is 0 Å². The fourth-order valence-electron chi connectivity index (χ4n) is 6.11. The number of carbonyl (C=O) groups excluding carboxylic acids is 1. The van der Waals surface area contributed by atoms with Crippen LogP contribution in [0.2, 0.25) is 0 Å². The van der Waals surface area contributed by atoms with Gasteiger partial charge in [0.1, 0.15) is 5.82 Å². The minimum absolute atomic E-state index is 0.0157. The maximum Gasteiger partial charge on any atom is 0.261 e. The van der Waals surface area contributed by atoms with Crippen molar-refractivity contribution in [1.29, 1.82) is 0 Å². The lowest BCUT2D eigenvalue weighted by atomic mass is 9.93. The van der Waals surface area contributed by atoms with Gasteiger partial charge in [0.15, 0.2) is 5.82 Å². The maximum absolute atomic E-state index is 15.2. The minimum atomic E-state index is -0.486. The first-order chi connectivity index (χ1) is 20.5. The highest BCUT2D eigenvalue weighted by molar-refractivity contribution is 6.09. The van der Waals surface area contributed by atoms with Crippen molar-refractivity contribution in [2.24, 2.45) is 0 Å². The van der Waals surface area contributed by atoms with E-state index in [9.17, 15) is 9.90 Å². The van der Waals surface area contributed by atoms with Crippen LogP contribution in [0.1, 0.15) is 58.6 Å². The van der Waals surface area contributed by atoms with Crippen molar-refractivity contribution in [3.05, 3.63) is 82.7 Å². The molecule has 4 aromatic rings. The highest BCUT2D eigenvalue weighted by atomic mass is 19.1. The smallest absolute Gasteiger partial charge is 0.261 e. The zero-order valence-corrected chi connectivity index (χ0v) is 23.2. The van der Waals surface area contributed by atoms with Crippen molar-refractivity contribution >= 4 is 34.9 Å². The fraction of sp³-hybridized carbons (Fsp3) is 0.312. The molecule has 2 fully saturated rings. The number of rotatable bonds is 7. The van der Waals surface area contributed by atoms with E-state index in [4.69, 9.17) is 5.73 Å². The Balaban J connectivity index is 1.18. The van der Waals surface area contributed by atoms with Crippen molar-refractivity contribution in [1.82, 2.24) is 15.0 Å². The molecular weight excluding hydrogens is 533 g/mol. The van der Waals surface area contributed by atoms with E-state index < -0.39 is 11.7 Å². The number of fused-ring (bicyclic) bond motifs is 1. The summed E-state index contributed by atoms with van der Waals surface area (Å²) in [6.45, 7) is 2.13. The van der Waals surface area contributed by atoms with Crippen LogP contribution in [0.5, 0.6) is 0 Å². The van der Waals surface area contributed by atoms with Crippen molar-refractivity contribution in [2.75, 3.05) is 40.5 Å². The predicted molar refractivity (Wildman–Crippen MR) is 161 cm³/mol. The van der Waals surface area contributed by atoms with E-state index in [2.05, 4.69) is 37.3 Å². The van der Waals surface area contributed by atoms with E-state index in [0.29, 0.717) is 35.7 Å². The number of carbonyl (C=O) groups is 1. The predicted octanol–water partition coefficient (Wildman–Crippen LogP) is 5.18. The second-order valence-electron chi connectivity index (χ2n) is 11.2. The number of halogens is 1. The number of anilines is 5. The fourth-order valence-corrected chi connectivity index (χ4v) is 6.11. The number of aliphatic hydroxyl groups excluding tert-OH is 1. The lowest BCUT2D eigenvalue weighted by Gasteiger charge is -2.31. The molecule has 1 saturated heterocycles. The molecular formula is C32H32FN7O2. The van der Waals surface area contributed by atoms with Crippen LogP contribution in [-0.4, -0.2) is 45.6 Å². The molecule has 4 N–H and O–H groups in total. The number of nitrogens with two attached hydrogens (primary N) is 1. The van der Waals surface area contributed by atoms with Crippen LogP contribution in [0.25, 0.3) is 11.4 Å². The summed E-state index contributed by atoms with van der Waals surface area (Å²) in [7, 11) is 0. The third kappa shape index (κ3) is 4.92. The summed E-state index contributed by atoms with van der Waals surface area (Å²) in [6.07, 6.45) is 5.07. The molecule has 10 heteroatoms. The Hall–Kier alpha value is -4.57. The molecule has 1 aromatic heterocycles. The first-order valence-electron chi connectivity index (χ1n) is 14.5. The normalized spacial score (nSPS) is 16.6. The Kier molecular flexibility index (Phi) is 6.70. The highest BCUT2D eigenvalue weighted by Gasteiger charge is 2.33. The van der Waals surface area contributed by atoms with Gasteiger partial charge in [0.2, 0.25) is 11.9 Å². The molecule has 1 amide bonds. The summed E-state index contributed by atoms with van der Waals surface area (Å²) >= 11 is 0. The van der Waals surface area contributed by atoms with Gasteiger partial charge in [-0.1, -0.05) is 18.2 Å². The standard InChI is InChI=1S/C32H32FN7O2/c33-26-17-21(19-6-7-19)16-20-12-15-40(30(42)28(20)26)27-5-3-4-24(25(27)18-41)29-36-31(34)38-32(37-29)35-22-8-10-23(11-9-22)39-13-1-2-14-39/h3-5,8-11,16-17,19,41H,1-2,6-7,12-15,18H2,(H3,34,35,36,37,38). The van der Waals surface area contributed by atoms with Gasteiger partial charge in [0.05, 0.1) is 17.9 Å². The Morgan fingerprint density at radius 3 is 2.52 bits per heavy atom. The largest absolute Gasteiger partial charge is 0.392 e. The van der Waals surface area contributed by atoms with Crippen LogP contribution in [-0.2, 0) is 13.0 Å². The minimum Gasteiger partial charge on any atom is -0.392 e. The topological polar surface area (TPSA) is 120 Å². The van der Waals surface area contributed by atoms with Gasteiger partial charge < -0.3 is 26.0 Å². The van der Waals surface area contributed by atoms with Gasteiger partial charge in [-0.25, -0.2) is 4.39 Å². The van der Waals surface area contributed by atoms with Gasteiger partial charge in [-0.05, 0) is 85.5 Å². The average molecular weight is 566 g/mol. The van der Waals surface area contributed by atoms with E-state index in [1.807, 2.05) is 18.2 Å². The van der Waals surface area contributed by atoms with Crippen LogP contribution in [0.15, 0.2) is 54.6 Å². The Morgan fingerprint density at radius 1 is 1.00 bits per heavy atom. The van der Waals surface area contributed by atoms with E-state index >= 15 is 4.39 Å². The summed E-state index contributed by atoms with van der Waals surface area (Å²) in [5, 5.41) is 13.7. The molecule has 0 spiro atoms. The van der Waals surface area contributed by atoms with E-state index in [-0.39, 0.29) is 29.9 Å². The first kappa shape index (κ1) is 26.3. The lowest BCUT2D eigenvalue weighted by Crippen LogP contribution is -2.39. The molecule has 1 aliphatic carbocycles.